The molecule has 0 heterocycles. The van der Waals surface area contributed by atoms with Crippen molar-refractivity contribution in [2.24, 2.45) is 94.7 Å². The standard InChI is InChI=1S/C62H102N2/c1-7-21-41(22-8-1)55-59-49-35-19-33-47-53(63(43-25-11-3-12-26-43)44-27-13-4-14-28-44)39-37-51(57(47)49)61(59)56(42-23-9-2-10-24-42)62-52-38-40-54(48-34-20-36-50(58(48)52)60(55)62)64(45-29-15-5-16-30-45)46-31-17-6-18-32-46/h41-62H,1-40H2. The first-order valence-electron chi connectivity index (χ1n) is 31.4. The molecule has 0 saturated heterocycles. The van der Waals surface area contributed by atoms with Crippen molar-refractivity contribution in [2.75, 3.05) is 0 Å². The van der Waals surface area contributed by atoms with Gasteiger partial charge in [-0.15, -0.1) is 0 Å². The normalized spacial score (nSPS) is 47.9. The number of fused-ring (bicyclic) bond motifs is 6. The van der Waals surface area contributed by atoms with Crippen LogP contribution < -0.4 is 0 Å². The van der Waals surface area contributed by atoms with Crippen LogP contribution in [0.15, 0.2) is 0 Å². The Morgan fingerprint density at radius 2 is 0.438 bits per heavy atom. The molecule has 14 atom stereocenters. The summed E-state index contributed by atoms with van der Waals surface area (Å²) >= 11 is 0. The molecule has 0 aliphatic heterocycles. The van der Waals surface area contributed by atoms with Crippen LogP contribution in [-0.2, 0) is 0 Å². The summed E-state index contributed by atoms with van der Waals surface area (Å²) in [4.78, 5) is 6.90. The highest BCUT2D eigenvalue weighted by atomic mass is 15.2. The van der Waals surface area contributed by atoms with Gasteiger partial charge >= 0.3 is 0 Å². The van der Waals surface area contributed by atoms with E-state index in [1.807, 2.05) is 0 Å². The van der Waals surface area contributed by atoms with Crippen molar-refractivity contribution in [3.05, 3.63) is 0 Å². The molecule has 13 aliphatic rings. The Morgan fingerprint density at radius 1 is 0.172 bits per heavy atom. The van der Waals surface area contributed by atoms with Crippen LogP contribution in [0.1, 0.15) is 257 Å². The lowest BCUT2D eigenvalue weighted by molar-refractivity contribution is -0.103. The van der Waals surface area contributed by atoms with E-state index in [-0.39, 0.29) is 0 Å². The molecule has 0 spiro atoms. The molecule has 13 rings (SSSR count). The van der Waals surface area contributed by atoms with Crippen LogP contribution >= 0.6 is 0 Å². The summed E-state index contributed by atoms with van der Waals surface area (Å²) in [7, 11) is 0. The zero-order valence-corrected chi connectivity index (χ0v) is 41.9. The Morgan fingerprint density at radius 3 is 0.750 bits per heavy atom. The molecule has 0 aromatic rings. The van der Waals surface area contributed by atoms with E-state index in [1.165, 1.54) is 77.0 Å². The second kappa shape index (κ2) is 19.3. The van der Waals surface area contributed by atoms with Crippen molar-refractivity contribution in [1.82, 2.24) is 9.80 Å². The third-order valence-corrected chi connectivity index (χ3v) is 25.5. The van der Waals surface area contributed by atoms with Crippen LogP contribution in [0.2, 0.25) is 0 Å². The summed E-state index contributed by atoms with van der Waals surface area (Å²) in [5.41, 5.74) is 0. The fraction of sp³-hybridized carbons (Fsp3) is 1.00. The van der Waals surface area contributed by atoms with E-state index in [2.05, 4.69) is 9.80 Å². The summed E-state index contributed by atoms with van der Waals surface area (Å²) in [5, 5.41) is 0. The van der Waals surface area contributed by atoms with E-state index in [9.17, 15) is 0 Å². The van der Waals surface area contributed by atoms with Gasteiger partial charge in [-0.1, -0.05) is 154 Å². The Bertz CT molecular complexity index is 1330. The molecule has 0 bridgehead atoms. The van der Waals surface area contributed by atoms with Gasteiger partial charge in [-0.25, -0.2) is 0 Å². The minimum atomic E-state index is 0.935. The summed E-state index contributed by atoms with van der Waals surface area (Å²) < 4.78 is 0. The van der Waals surface area contributed by atoms with E-state index in [0.29, 0.717) is 0 Å². The number of nitrogens with zero attached hydrogens (tertiary/aromatic N) is 2. The molecule has 14 unspecified atom stereocenters. The van der Waals surface area contributed by atoms with E-state index in [1.54, 1.807) is 180 Å². The first-order chi connectivity index (χ1) is 31.8. The van der Waals surface area contributed by atoms with Crippen LogP contribution in [0.3, 0.4) is 0 Å². The number of hydrogen-bond acceptors (Lipinski definition) is 2. The third-order valence-electron chi connectivity index (χ3n) is 25.5. The largest absolute Gasteiger partial charge is 0.294 e. The number of rotatable bonds is 8. The zero-order valence-electron chi connectivity index (χ0n) is 41.9. The predicted octanol–water partition coefficient (Wildman–Crippen LogP) is 16.4. The molecular formula is C62H102N2. The first kappa shape index (κ1) is 43.9. The summed E-state index contributed by atoms with van der Waals surface area (Å²) in [6.07, 6.45) is 63.1. The third kappa shape index (κ3) is 7.60. The van der Waals surface area contributed by atoms with Gasteiger partial charge in [0.05, 0.1) is 0 Å². The first-order valence-corrected chi connectivity index (χ1v) is 31.4. The lowest BCUT2D eigenvalue weighted by Gasteiger charge is -2.58. The van der Waals surface area contributed by atoms with Crippen LogP contribution in [0, 0.1) is 94.7 Å². The Kier molecular flexibility index (Phi) is 13.2. The van der Waals surface area contributed by atoms with Gasteiger partial charge in [-0.2, -0.15) is 0 Å². The van der Waals surface area contributed by atoms with Crippen molar-refractivity contribution < 1.29 is 0 Å². The van der Waals surface area contributed by atoms with E-state index in [4.69, 9.17) is 0 Å². The van der Waals surface area contributed by atoms with Crippen LogP contribution in [0.4, 0.5) is 0 Å². The average Bonchev–Trinajstić information content (AvgIpc) is 3.88. The van der Waals surface area contributed by atoms with Gasteiger partial charge in [0.2, 0.25) is 0 Å². The lowest BCUT2D eigenvalue weighted by Crippen LogP contribution is -2.58. The van der Waals surface area contributed by atoms with Gasteiger partial charge in [0.15, 0.2) is 0 Å². The zero-order chi connectivity index (χ0) is 42.1. The Labute approximate surface area is 395 Å². The van der Waals surface area contributed by atoms with Gasteiger partial charge in [0.1, 0.15) is 0 Å². The minimum absolute atomic E-state index is 0.935. The second-order valence-corrected chi connectivity index (χ2v) is 27.6. The fourth-order valence-corrected chi connectivity index (χ4v) is 24.1. The highest BCUT2D eigenvalue weighted by Gasteiger charge is 2.72. The molecule has 0 aromatic carbocycles. The summed E-state index contributed by atoms with van der Waals surface area (Å²) in [5.74, 6) is 17.7. The highest BCUT2D eigenvalue weighted by molar-refractivity contribution is 5.20. The summed E-state index contributed by atoms with van der Waals surface area (Å²) in [6, 6.07) is 5.64. The quantitative estimate of drug-likeness (QED) is 0.240. The van der Waals surface area contributed by atoms with Crippen molar-refractivity contribution in [1.29, 1.82) is 0 Å². The molecular weight excluding hydrogens is 773 g/mol. The van der Waals surface area contributed by atoms with Gasteiger partial charge in [0.25, 0.3) is 0 Å². The molecule has 2 nitrogen and oxygen atoms in total. The predicted molar refractivity (Wildman–Crippen MR) is 267 cm³/mol. The molecule has 13 saturated carbocycles. The molecule has 360 valence electrons. The molecule has 2 heteroatoms. The Balaban J connectivity index is 0.886. The fourth-order valence-electron chi connectivity index (χ4n) is 24.1. The van der Waals surface area contributed by atoms with Crippen LogP contribution in [-0.4, -0.2) is 46.1 Å². The maximum absolute atomic E-state index is 3.45. The molecule has 13 aliphatic carbocycles. The molecule has 64 heavy (non-hydrogen) atoms. The molecule has 0 radical (unpaired) electrons. The maximum Gasteiger partial charge on any atom is 0.0132 e. The van der Waals surface area contributed by atoms with Gasteiger partial charge in [-0.05, 0) is 197 Å². The van der Waals surface area contributed by atoms with Crippen LogP contribution in [0.5, 0.6) is 0 Å². The SMILES string of the molecule is C1CCC(C2C3C4CCCC5C4C(CCC5N(C4CCCCC4)C4CCCCC4)C3C(C3CCCCC3)C3C4CCC(N(C5CCCCC5)C5CCCCC5)C5CCCC(C45)C23)CC1. The molecule has 0 N–H and O–H groups in total. The highest BCUT2D eigenvalue weighted by Crippen LogP contribution is 2.76. The van der Waals surface area contributed by atoms with Crippen molar-refractivity contribution >= 4 is 0 Å². The molecule has 13 fully saturated rings. The Hall–Kier alpha value is -0.0800. The monoisotopic (exact) mass is 875 g/mol. The number of hydrogen-bond donors (Lipinski definition) is 0. The molecule has 0 aromatic heterocycles. The molecule has 0 amide bonds. The average molecular weight is 876 g/mol. The van der Waals surface area contributed by atoms with Crippen molar-refractivity contribution in [2.45, 2.75) is 293 Å². The van der Waals surface area contributed by atoms with Gasteiger partial charge < -0.3 is 0 Å². The summed E-state index contributed by atoms with van der Waals surface area (Å²) in [6.45, 7) is 0. The van der Waals surface area contributed by atoms with Crippen LogP contribution in [0.25, 0.3) is 0 Å². The smallest absolute Gasteiger partial charge is 0.0132 e. The van der Waals surface area contributed by atoms with Crippen molar-refractivity contribution in [3.63, 3.8) is 0 Å². The maximum atomic E-state index is 3.45. The van der Waals surface area contributed by atoms with Gasteiger partial charge in [-0.3, -0.25) is 9.80 Å². The van der Waals surface area contributed by atoms with Crippen molar-refractivity contribution in [3.8, 4) is 0 Å². The van der Waals surface area contributed by atoms with E-state index in [0.717, 1.165) is 131 Å². The lowest BCUT2D eigenvalue weighted by atomic mass is 9.47. The minimum Gasteiger partial charge on any atom is -0.294 e. The topological polar surface area (TPSA) is 6.48 Å². The van der Waals surface area contributed by atoms with E-state index >= 15 is 0 Å². The van der Waals surface area contributed by atoms with E-state index < -0.39 is 0 Å². The van der Waals surface area contributed by atoms with Gasteiger partial charge in [0, 0.05) is 36.3 Å². The second-order valence-electron chi connectivity index (χ2n) is 27.6.